The summed E-state index contributed by atoms with van der Waals surface area (Å²) in [6, 6.07) is 10.2. The number of aromatic nitrogens is 1. The minimum Gasteiger partial charge on any atom is -0.351 e. The zero-order valence-corrected chi connectivity index (χ0v) is 11.7. The molecule has 0 fully saturated rings. The summed E-state index contributed by atoms with van der Waals surface area (Å²) in [6.45, 7) is 3.09. The fourth-order valence-electron chi connectivity index (χ4n) is 1.74. The third-order valence-corrected chi connectivity index (χ3v) is 4.00. The Bertz CT molecular complexity index is 481. The van der Waals surface area contributed by atoms with E-state index >= 15 is 0 Å². The van der Waals surface area contributed by atoms with Crippen LogP contribution in [0.15, 0.2) is 35.7 Å². The van der Waals surface area contributed by atoms with Gasteiger partial charge in [0.2, 0.25) is 0 Å². The molecule has 18 heavy (non-hydrogen) atoms. The molecule has 1 aromatic heterocycles. The molecule has 0 amide bonds. The molecular weight excluding hydrogens is 242 g/mol. The summed E-state index contributed by atoms with van der Waals surface area (Å²) in [5.74, 6) is 0. The van der Waals surface area contributed by atoms with E-state index in [1.54, 1.807) is 11.3 Å². The molecule has 0 spiro atoms. The number of hydrogen-bond acceptors (Lipinski definition) is 4. The number of thiazole rings is 1. The Morgan fingerprint density at radius 3 is 2.72 bits per heavy atom. The van der Waals surface area contributed by atoms with Crippen molar-refractivity contribution in [1.29, 1.82) is 0 Å². The highest BCUT2D eigenvalue weighted by Gasteiger charge is 2.10. The fourth-order valence-corrected chi connectivity index (χ4v) is 2.61. The van der Waals surface area contributed by atoms with Crippen molar-refractivity contribution in [2.24, 2.45) is 5.73 Å². The van der Waals surface area contributed by atoms with Gasteiger partial charge in [0, 0.05) is 31.4 Å². The zero-order valence-electron chi connectivity index (χ0n) is 10.8. The summed E-state index contributed by atoms with van der Waals surface area (Å²) in [4.78, 5) is 6.75. The Balaban J connectivity index is 2.03. The molecule has 0 saturated heterocycles. The predicted octanol–water partition coefficient (Wildman–Crippen LogP) is 2.84. The Labute approximate surface area is 112 Å². The predicted molar refractivity (Wildman–Crippen MR) is 78.1 cm³/mol. The van der Waals surface area contributed by atoms with Crippen LogP contribution in [0.4, 0.5) is 5.13 Å². The van der Waals surface area contributed by atoms with Crippen molar-refractivity contribution in [3.8, 4) is 0 Å². The van der Waals surface area contributed by atoms with Crippen LogP contribution in [0.3, 0.4) is 0 Å². The zero-order chi connectivity index (χ0) is 13.0. The monoisotopic (exact) mass is 261 g/mol. The van der Waals surface area contributed by atoms with E-state index in [1.807, 2.05) is 18.2 Å². The molecular formula is C14H19N3S. The van der Waals surface area contributed by atoms with Crippen molar-refractivity contribution < 1.29 is 0 Å². The molecule has 3 nitrogen and oxygen atoms in total. The van der Waals surface area contributed by atoms with Crippen molar-refractivity contribution in [1.82, 2.24) is 4.98 Å². The smallest absolute Gasteiger partial charge is 0.185 e. The van der Waals surface area contributed by atoms with Crippen LogP contribution in [0.5, 0.6) is 0 Å². The van der Waals surface area contributed by atoms with Gasteiger partial charge in [-0.05, 0) is 12.5 Å². The first-order chi connectivity index (χ1) is 8.70. The van der Waals surface area contributed by atoms with Crippen LogP contribution >= 0.6 is 11.3 Å². The molecule has 2 N–H and O–H groups in total. The van der Waals surface area contributed by atoms with Crippen molar-refractivity contribution >= 4 is 16.5 Å². The summed E-state index contributed by atoms with van der Waals surface area (Å²) in [6.07, 6.45) is 0.790. The quantitative estimate of drug-likeness (QED) is 0.900. The van der Waals surface area contributed by atoms with Gasteiger partial charge in [-0.25, -0.2) is 4.98 Å². The average molecular weight is 261 g/mol. The van der Waals surface area contributed by atoms with Crippen LogP contribution in [-0.2, 0) is 6.42 Å². The number of anilines is 1. The summed E-state index contributed by atoms with van der Waals surface area (Å²) in [7, 11) is 2.06. The highest BCUT2D eigenvalue weighted by molar-refractivity contribution is 7.13. The molecule has 1 unspecified atom stereocenters. The molecule has 1 aromatic carbocycles. The number of hydrogen-bond donors (Lipinski definition) is 1. The molecule has 96 valence electrons. The van der Waals surface area contributed by atoms with Gasteiger partial charge < -0.3 is 10.6 Å². The van der Waals surface area contributed by atoms with Gasteiger partial charge in [-0.1, -0.05) is 30.3 Å². The maximum absolute atomic E-state index is 6.20. The summed E-state index contributed by atoms with van der Waals surface area (Å²) < 4.78 is 0. The average Bonchev–Trinajstić information content (AvgIpc) is 2.87. The second kappa shape index (κ2) is 5.98. The van der Waals surface area contributed by atoms with Crippen LogP contribution in [0.25, 0.3) is 0 Å². The molecule has 0 aliphatic rings. The van der Waals surface area contributed by atoms with Crippen LogP contribution in [-0.4, -0.2) is 18.6 Å². The summed E-state index contributed by atoms with van der Waals surface area (Å²) in [5, 5.41) is 3.16. The maximum atomic E-state index is 6.20. The molecule has 0 aliphatic carbocycles. The second-order valence-electron chi connectivity index (χ2n) is 4.36. The lowest BCUT2D eigenvalue weighted by Crippen LogP contribution is -2.16. The fraction of sp³-hybridized carbons (Fsp3) is 0.357. The van der Waals surface area contributed by atoms with Crippen molar-refractivity contribution in [3.63, 3.8) is 0 Å². The van der Waals surface area contributed by atoms with Crippen molar-refractivity contribution in [2.45, 2.75) is 19.4 Å². The standard InChI is InChI=1S/C14H19N3S/c1-3-17(2)14-16-12(10-18-14)9-13(15)11-7-5-4-6-8-11/h4-8,10,13H,3,9,15H2,1-2H3. The molecule has 2 aromatic rings. The summed E-state index contributed by atoms with van der Waals surface area (Å²) in [5.41, 5.74) is 8.43. The lowest BCUT2D eigenvalue weighted by atomic mass is 10.0. The van der Waals surface area contributed by atoms with E-state index in [9.17, 15) is 0 Å². The Morgan fingerprint density at radius 1 is 1.33 bits per heavy atom. The van der Waals surface area contributed by atoms with E-state index in [1.165, 1.54) is 0 Å². The summed E-state index contributed by atoms with van der Waals surface area (Å²) >= 11 is 1.68. The van der Waals surface area contributed by atoms with E-state index < -0.39 is 0 Å². The molecule has 0 radical (unpaired) electrons. The lowest BCUT2D eigenvalue weighted by molar-refractivity contribution is 0.709. The van der Waals surface area contributed by atoms with Crippen LogP contribution in [0.2, 0.25) is 0 Å². The normalized spacial score (nSPS) is 12.4. The molecule has 4 heteroatoms. The third kappa shape index (κ3) is 3.09. The topological polar surface area (TPSA) is 42.2 Å². The van der Waals surface area contributed by atoms with Crippen molar-refractivity contribution in [3.05, 3.63) is 47.0 Å². The minimum absolute atomic E-state index is 0.0214. The van der Waals surface area contributed by atoms with Gasteiger partial charge in [0.05, 0.1) is 5.69 Å². The van der Waals surface area contributed by atoms with Gasteiger partial charge in [0.1, 0.15) is 0 Å². The van der Waals surface area contributed by atoms with Gasteiger partial charge >= 0.3 is 0 Å². The number of benzene rings is 1. The Morgan fingerprint density at radius 2 is 2.06 bits per heavy atom. The van der Waals surface area contributed by atoms with E-state index in [4.69, 9.17) is 5.73 Å². The largest absolute Gasteiger partial charge is 0.351 e. The van der Waals surface area contributed by atoms with Gasteiger partial charge in [-0.15, -0.1) is 11.3 Å². The van der Waals surface area contributed by atoms with E-state index in [-0.39, 0.29) is 6.04 Å². The molecule has 1 atom stereocenters. The Kier molecular flexibility index (Phi) is 4.33. The molecule has 2 rings (SSSR count). The number of nitrogens with two attached hydrogens (primary N) is 1. The van der Waals surface area contributed by atoms with E-state index in [0.717, 1.165) is 29.4 Å². The molecule has 1 heterocycles. The first-order valence-corrected chi connectivity index (χ1v) is 7.04. The van der Waals surface area contributed by atoms with Crippen LogP contribution in [0, 0.1) is 0 Å². The SMILES string of the molecule is CCN(C)c1nc(CC(N)c2ccccc2)cs1. The number of nitrogens with zero attached hydrogens (tertiary/aromatic N) is 2. The highest BCUT2D eigenvalue weighted by atomic mass is 32.1. The molecule has 0 saturated carbocycles. The number of rotatable bonds is 5. The van der Waals surface area contributed by atoms with Crippen molar-refractivity contribution in [2.75, 3.05) is 18.5 Å². The molecule has 0 aliphatic heterocycles. The Hall–Kier alpha value is -1.39. The third-order valence-electron chi connectivity index (χ3n) is 3.00. The van der Waals surface area contributed by atoms with Gasteiger partial charge in [0.25, 0.3) is 0 Å². The van der Waals surface area contributed by atoms with E-state index in [0.29, 0.717) is 0 Å². The first-order valence-electron chi connectivity index (χ1n) is 6.16. The lowest BCUT2D eigenvalue weighted by Gasteiger charge is -2.12. The van der Waals surface area contributed by atoms with Gasteiger partial charge in [-0.3, -0.25) is 0 Å². The van der Waals surface area contributed by atoms with E-state index in [2.05, 4.69) is 41.4 Å². The van der Waals surface area contributed by atoms with Crippen LogP contribution in [0.1, 0.15) is 24.2 Å². The van der Waals surface area contributed by atoms with Gasteiger partial charge in [-0.2, -0.15) is 0 Å². The van der Waals surface area contributed by atoms with Crippen LogP contribution < -0.4 is 10.6 Å². The maximum Gasteiger partial charge on any atom is 0.185 e. The molecule has 0 bridgehead atoms. The minimum atomic E-state index is 0.0214. The second-order valence-corrected chi connectivity index (χ2v) is 5.19. The first kappa shape index (κ1) is 13.1. The van der Waals surface area contributed by atoms with Gasteiger partial charge in [0.15, 0.2) is 5.13 Å². The highest BCUT2D eigenvalue weighted by Crippen LogP contribution is 2.22.